The standard InChI is InChI=1S/C10H12Cl2N2O/c1-13-10(15)4-5-14-9-3-2-7(11)6-8(9)12/h2-3,6,14H,4-5H2,1H3,(H,13,15). The van der Waals surface area contributed by atoms with Gasteiger partial charge < -0.3 is 10.6 Å². The van der Waals surface area contributed by atoms with E-state index in [1.807, 2.05) is 0 Å². The van der Waals surface area contributed by atoms with E-state index in [1.165, 1.54) is 0 Å². The molecular weight excluding hydrogens is 235 g/mol. The molecule has 0 aliphatic rings. The summed E-state index contributed by atoms with van der Waals surface area (Å²) < 4.78 is 0. The lowest BCUT2D eigenvalue weighted by atomic mass is 10.3. The summed E-state index contributed by atoms with van der Waals surface area (Å²) in [7, 11) is 1.61. The van der Waals surface area contributed by atoms with Crippen molar-refractivity contribution in [1.29, 1.82) is 0 Å². The molecule has 0 saturated carbocycles. The lowest BCUT2D eigenvalue weighted by molar-refractivity contribution is -0.120. The molecule has 0 fully saturated rings. The Morgan fingerprint density at radius 2 is 2.13 bits per heavy atom. The highest BCUT2D eigenvalue weighted by Crippen LogP contribution is 2.25. The fourth-order valence-electron chi connectivity index (χ4n) is 1.07. The van der Waals surface area contributed by atoms with Crippen LogP contribution in [0.25, 0.3) is 0 Å². The summed E-state index contributed by atoms with van der Waals surface area (Å²) in [4.78, 5) is 10.9. The first-order chi connectivity index (χ1) is 7.13. The van der Waals surface area contributed by atoms with Gasteiger partial charge in [-0.25, -0.2) is 0 Å². The second-order valence-electron chi connectivity index (χ2n) is 2.97. The molecule has 0 spiro atoms. The summed E-state index contributed by atoms with van der Waals surface area (Å²) >= 11 is 11.7. The molecule has 1 aromatic rings. The molecule has 3 nitrogen and oxygen atoms in total. The Hall–Kier alpha value is -0.930. The predicted octanol–water partition coefficient (Wildman–Crippen LogP) is 2.54. The lowest BCUT2D eigenvalue weighted by Gasteiger charge is -2.07. The quantitative estimate of drug-likeness (QED) is 0.858. The molecule has 0 radical (unpaired) electrons. The van der Waals surface area contributed by atoms with E-state index in [2.05, 4.69) is 10.6 Å². The Bertz CT molecular complexity index is 355. The Balaban J connectivity index is 2.47. The van der Waals surface area contributed by atoms with Crippen LogP contribution in [0.3, 0.4) is 0 Å². The van der Waals surface area contributed by atoms with Crippen LogP contribution in [0.2, 0.25) is 10.0 Å². The maximum atomic E-state index is 10.9. The van der Waals surface area contributed by atoms with Crippen molar-refractivity contribution >= 4 is 34.8 Å². The van der Waals surface area contributed by atoms with E-state index in [9.17, 15) is 4.79 Å². The molecule has 0 atom stereocenters. The number of benzene rings is 1. The van der Waals surface area contributed by atoms with Gasteiger partial charge in [0, 0.05) is 25.0 Å². The molecule has 82 valence electrons. The third kappa shape index (κ3) is 3.98. The van der Waals surface area contributed by atoms with Crippen LogP contribution >= 0.6 is 23.2 Å². The zero-order valence-corrected chi connectivity index (χ0v) is 9.82. The molecule has 0 saturated heterocycles. The summed E-state index contributed by atoms with van der Waals surface area (Å²) in [5, 5.41) is 6.75. The fourth-order valence-corrected chi connectivity index (χ4v) is 1.54. The maximum Gasteiger partial charge on any atom is 0.221 e. The smallest absolute Gasteiger partial charge is 0.221 e. The summed E-state index contributed by atoms with van der Waals surface area (Å²) in [6.45, 7) is 0.543. The molecule has 5 heteroatoms. The van der Waals surface area contributed by atoms with Gasteiger partial charge in [-0.3, -0.25) is 4.79 Å². The van der Waals surface area contributed by atoms with Crippen molar-refractivity contribution in [3.8, 4) is 0 Å². The summed E-state index contributed by atoms with van der Waals surface area (Å²) in [5.74, 6) is -0.00686. The number of carbonyl (C=O) groups is 1. The fraction of sp³-hybridized carbons (Fsp3) is 0.300. The van der Waals surface area contributed by atoms with Crippen molar-refractivity contribution in [2.24, 2.45) is 0 Å². The van der Waals surface area contributed by atoms with Gasteiger partial charge >= 0.3 is 0 Å². The van der Waals surface area contributed by atoms with Gasteiger partial charge in [-0.15, -0.1) is 0 Å². The van der Waals surface area contributed by atoms with Crippen LogP contribution < -0.4 is 10.6 Å². The van der Waals surface area contributed by atoms with Crippen molar-refractivity contribution in [2.45, 2.75) is 6.42 Å². The monoisotopic (exact) mass is 246 g/mol. The second kappa shape index (κ2) is 5.83. The van der Waals surface area contributed by atoms with Crippen LogP contribution in [0.5, 0.6) is 0 Å². The number of nitrogens with one attached hydrogen (secondary N) is 2. The van der Waals surface area contributed by atoms with Crippen LogP contribution in [0, 0.1) is 0 Å². The zero-order valence-electron chi connectivity index (χ0n) is 8.31. The zero-order chi connectivity index (χ0) is 11.3. The number of halogens is 2. The van der Waals surface area contributed by atoms with Gasteiger partial charge in [0.15, 0.2) is 0 Å². The van der Waals surface area contributed by atoms with E-state index in [1.54, 1.807) is 25.2 Å². The van der Waals surface area contributed by atoms with Crippen LogP contribution in [0.15, 0.2) is 18.2 Å². The minimum absolute atomic E-state index is 0.00686. The molecular formula is C10H12Cl2N2O. The van der Waals surface area contributed by atoms with E-state index >= 15 is 0 Å². The number of amides is 1. The molecule has 2 N–H and O–H groups in total. The average molecular weight is 247 g/mol. The van der Waals surface area contributed by atoms with Crippen molar-refractivity contribution in [3.63, 3.8) is 0 Å². The number of hydrogen-bond acceptors (Lipinski definition) is 2. The number of carbonyl (C=O) groups excluding carboxylic acids is 1. The second-order valence-corrected chi connectivity index (χ2v) is 3.82. The molecule has 0 heterocycles. The molecule has 0 unspecified atom stereocenters. The topological polar surface area (TPSA) is 41.1 Å². The molecule has 1 aromatic carbocycles. The Morgan fingerprint density at radius 3 is 2.73 bits per heavy atom. The van der Waals surface area contributed by atoms with E-state index in [-0.39, 0.29) is 5.91 Å². The molecule has 1 amide bonds. The Labute approximate surface area is 98.8 Å². The lowest BCUT2D eigenvalue weighted by Crippen LogP contribution is -2.20. The SMILES string of the molecule is CNC(=O)CCNc1ccc(Cl)cc1Cl. The van der Waals surface area contributed by atoms with Crippen LogP contribution in [0.4, 0.5) is 5.69 Å². The minimum Gasteiger partial charge on any atom is -0.383 e. The normalized spacial score (nSPS) is 9.80. The van der Waals surface area contributed by atoms with Gasteiger partial charge in [0.1, 0.15) is 0 Å². The predicted molar refractivity (Wildman–Crippen MR) is 63.6 cm³/mol. The van der Waals surface area contributed by atoms with Crippen molar-refractivity contribution in [2.75, 3.05) is 18.9 Å². The summed E-state index contributed by atoms with van der Waals surface area (Å²) in [5.41, 5.74) is 0.782. The first-order valence-corrected chi connectivity index (χ1v) is 5.28. The van der Waals surface area contributed by atoms with Gasteiger partial charge in [0.05, 0.1) is 10.7 Å². The van der Waals surface area contributed by atoms with E-state index in [4.69, 9.17) is 23.2 Å². The first kappa shape index (κ1) is 12.1. The van der Waals surface area contributed by atoms with Crippen LogP contribution in [0.1, 0.15) is 6.42 Å². The number of rotatable bonds is 4. The average Bonchev–Trinajstić information content (AvgIpc) is 2.21. The summed E-state index contributed by atoms with van der Waals surface area (Å²) in [6.07, 6.45) is 0.412. The Kier molecular flexibility index (Phi) is 4.72. The highest BCUT2D eigenvalue weighted by atomic mass is 35.5. The van der Waals surface area contributed by atoms with Gasteiger partial charge in [-0.05, 0) is 18.2 Å². The van der Waals surface area contributed by atoms with Crippen LogP contribution in [-0.2, 0) is 4.79 Å². The molecule has 0 bridgehead atoms. The Morgan fingerprint density at radius 1 is 1.40 bits per heavy atom. The molecule has 0 aromatic heterocycles. The van der Waals surface area contributed by atoms with E-state index < -0.39 is 0 Å². The number of hydrogen-bond donors (Lipinski definition) is 2. The van der Waals surface area contributed by atoms with E-state index in [0.717, 1.165) is 5.69 Å². The maximum absolute atomic E-state index is 10.9. The van der Waals surface area contributed by atoms with Gasteiger partial charge in [-0.1, -0.05) is 23.2 Å². The largest absolute Gasteiger partial charge is 0.383 e. The van der Waals surface area contributed by atoms with E-state index in [0.29, 0.717) is 23.0 Å². The third-order valence-electron chi connectivity index (χ3n) is 1.88. The van der Waals surface area contributed by atoms with Gasteiger partial charge in [0.2, 0.25) is 5.91 Å². The highest BCUT2D eigenvalue weighted by Gasteiger charge is 2.01. The minimum atomic E-state index is -0.00686. The van der Waals surface area contributed by atoms with Crippen molar-refractivity contribution < 1.29 is 4.79 Å². The molecule has 0 aliphatic carbocycles. The van der Waals surface area contributed by atoms with Crippen molar-refractivity contribution in [1.82, 2.24) is 5.32 Å². The number of anilines is 1. The van der Waals surface area contributed by atoms with Crippen molar-refractivity contribution in [3.05, 3.63) is 28.2 Å². The van der Waals surface area contributed by atoms with Gasteiger partial charge in [0.25, 0.3) is 0 Å². The molecule has 0 aliphatic heterocycles. The third-order valence-corrected chi connectivity index (χ3v) is 2.43. The molecule has 15 heavy (non-hydrogen) atoms. The first-order valence-electron chi connectivity index (χ1n) is 4.53. The van der Waals surface area contributed by atoms with Crippen LogP contribution in [-0.4, -0.2) is 19.5 Å². The molecule has 1 rings (SSSR count). The highest BCUT2D eigenvalue weighted by molar-refractivity contribution is 6.36. The van der Waals surface area contributed by atoms with Gasteiger partial charge in [-0.2, -0.15) is 0 Å². The summed E-state index contributed by atoms with van der Waals surface area (Å²) in [6, 6.07) is 5.19.